The molecular formula is C40H78O5. The molecular weight excluding hydrogens is 560 g/mol. The standard InChI is InChI=1S/C40H78O5/c1-4-5-6-7-8-9-10-11-12-13-14-18-21-24-27-30-33-39(42)44-35-38(41)36-45-40(43)34-31-28-25-22-19-16-15-17-20-23-26-29-32-37(2)3/h37-38,41H,4-36H2,1-3H3/t38-/m0/s1. The van der Waals surface area contributed by atoms with E-state index in [0.717, 1.165) is 31.6 Å². The fraction of sp³-hybridized carbons (Fsp3) is 0.950. The lowest BCUT2D eigenvalue weighted by Crippen LogP contribution is -2.25. The van der Waals surface area contributed by atoms with E-state index in [1.165, 1.54) is 161 Å². The molecule has 1 N–H and O–H groups in total. The summed E-state index contributed by atoms with van der Waals surface area (Å²) in [5.41, 5.74) is 0. The molecule has 0 amide bonds. The van der Waals surface area contributed by atoms with Gasteiger partial charge in [-0.1, -0.05) is 194 Å². The van der Waals surface area contributed by atoms with Gasteiger partial charge < -0.3 is 14.6 Å². The minimum absolute atomic E-state index is 0.108. The Morgan fingerprint density at radius 1 is 0.444 bits per heavy atom. The summed E-state index contributed by atoms with van der Waals surface area (Å²) in [7, 11) is 0. The van der Waals surface area contributed by atoms with Crippen molar-refractivity contribution in [3.8, 4) is 0 Å². The summed E-state index contributed by atoms with van der Waals surface area (Å²) >= 11 is 0. The van der Waals surface area contributed by atoms with Gasteiger partial charge in [-0.3, -0.25) is 9.59 Å². The Morgan fingerprint density at radius 3 is 1.00 bits per heavy atom. The maximum atomic E-state index is 12.0. The minimum atomic E-state index is -0.955. The average Bonchev–Trinajstić information content (AvgIpc) is 3.02. The lowest BCUT2D eigenvalue weighted by molar-refractivity contribution is -0.152. The summed E-state index contributed by atoms with van der Waals surface area (Å²) in [6.07, 6.45) is 37.3. The van der Waals surface area contributed by atoms with Gasteiger partial charge in [-0.25, -0.2) is 0 Å². The van der Waals surface area contributed by atoms with E-state index in [0.29, 0.717) is 12.8 Å². The molecule has 5 nitrogen and oxygen atoms in total. The molecule has 5 heteroatoms. The molecule has 0 aromatic heterocycles. The van der Waals surface area contributed by atoms with Crippen LogP contribution < -0.4 is 0 Å². The van der Waals surface area contributed by atoms with Crippen molar-refractivity contribution in [2.24, 2.45) is 5.92 Å². The van der Waals surface area contributed by atoms with Crippen molar-refractivity contribution >= 4 is 11.9 Å². The van der Waals surface area contributed by atoms with E-state index in [4.69, 9.17) is 9.47 Å². The Kier molecular flexibility index (Phi) is 34.9. The number of unbranched alkanes of at least 4 members (excludes halogenated alkanes) is 26. The van der Waals surface area contributed by atoms with E-state index in [1.54, 1.807) is 0 Å². The first kappa shape index (κ1) is 43.9. The molecule has 0 saturated heterocycles. The van der Waals surface area contributed by atoms with Gasteiger partial charge in [-0.2, -0.15) is 0 Å². The third-order valence-electron chi connectivity index (χ3n) is 9.02. The highest BCUT2D eigenvalue weighted by molar-refractivity contribution is 5.69. The van der Waals surface area contributed by atoms with Gasteiger partial charge in [0.2, 0.25) is 0 Å². The molecule has 45 heavy (non-hydrogen) atoms. The molecule has 0 spiro atoms. The maximum Gasteiger partial charge on any atom is 0.305 e. The second-order valence-electron chi connectivity index (χ2n) is 14.2. The number of carbonyl (C=O) groups excluding carboxylic acids is 2. The van der Waals surface area contributed by atoms with Crippen LogP contribution in [-0.2, 0) is 19.1 Å². The number of ether oxygens (including phenoxy) is 2. The zero-order valence-corrected chi connectivity index (χ0v) is 30.6. The van der Waals surface area contributed by atoms with Crippen LogP contribution in [0.25, 0.3) is 0 Å². The Hall–Kier alpha value is -1.10. The second kappa shape index (κ2) is 35.7. The van der Waals surface area contributed by atoms with Crippen LogP contribution in [0.3, 0.4) is 0 Å². The van der Waals surface area contributed by atoms with Crippen molar-refractivity contribution in [3.63, 3.8) is 0 Å². The number of esters is 2. The second-order valence-corrected chi connectivity index (χ2v) is 14.2. The summed E-state index contributed by atoms with van der Waals surface area (Å²) in [5, 5.41) is 10.0. The van der Waals surface area contributed by atoms with Crippen LogP contribution in [0.5, 0.6) is 0 Å². The Bertz CT molecular complexity index is 620. The molecule has 0 fully saturated rings. The fourth-order valence-corrected chi connectivity index (χ4v) is 5.98. The number of aliphatic hydroxyl groups excluding tert-OH is 1. The molecule has 0 aromatic rings. The molecule has 0 saturated carbocycles. The molecule has 0 radical (unpaired) electrons. The first-order valence-corrected chi connectivity index (χ1v) is 19.9. The summed E-state index contributed by atoms with van der Waals surface area (Å²) < 4.78 is 10.3. The predicted molar refractivity (Wildman–Crippen MR) is 192 cm³/mol. The highest BCUT2D eigenvalue weighted by Gasteiger charge is 2.12. The van der Waals surface area contributed by atoms with Crippen molar-refractivity contribution in [1.82, 2.24) is 0 Å². The molecule has 0 aromatic carbocycles. The van der Waals surface area contributed by atoms with Crippen LogP contribution in [0, 0.1) is 5.92 Å². The van der Waals surface area contributed by atoms with Gasteiger partial charge in [0.15, 0.2) is 0 Å². The topological polar surface area (TPSA) is 72.8 Å². The van der Waals surface area contributed by atoms with Gasteiger partial charge >= 0.3 is 11.9 Å². The van der Waals surface area contributed by atoms with Crippen molar-refractivity contribution in [2.45, 2.75) is 226 Å². The average molecular weight is 639 g/mol. The summed E-state index contributed by atoms with van der Waals surface area (Å²) in [6, 6.07) is 0. The molecule has 268 valence electrons. The van der Waals surface area contributed by atoms with Crippen molar-refractivity contribution in [1.29, 1.82) is 0 Å². The van der Waals surface area contributed by atoms with Crippen molar-refractivity contribution in [2.75, 3.05) is 13.2 Å². The molecule has 0 rings (SSSR count). The van der Waals surface area contributed by atoms with Crippen LogP contribution in [0.1, 0.15) is 220 Å². The third kappa shape index (κ3) is 37.2. The number of aliphatic hydroxyl groups is 1. The SMILES string of the molecule is CCCCCCCCCCCCCCCCCCC(=O)OC[C@H](O)COC(=O)CCCCCCCCCCCCCCC(C)C. The third-order valence-corrected chi connectivity index (χ3v) is 9.02. The Labute approximate surface area is 280 Å². The molecule has 0 unspecified atom stereocenters. The van der Waals surface area contributed by atoms with Gasteiger partial charge in [0, 0.05) is 12.8 Å². The van der Waals surface area contributed by atoms with Gasteiger partial charge in [0.1, 0.15) is 19.3 Å². The van der Waals surface area contributed by atoms with Crippen LogP contribution in [0.15, 0.2) is 0 Å². The smallest absolute Gasteiger partial charge is 0.305 e. The monoisotopic (exact) mass is 639 g/mol. The number of hydrogen-bond acceptors (Lipinski definition) is 5. The summed E-state index contributed by atoms with van der Waals surface area (Å²) in [4.78, 5) is 23.9. The molecule has 1 atom stereocenters. The van der Waals surface area contributed by atoms with E-state index in [2.05, 4.69) is 20.8 Å². The van der Waals surface area contributed by atoms with Gasteiger partial charge in [0.25, 0.3) is 0 Å². The van der Waals surface area contributed by atoms with Crippen molar-refractivity contribution < 1.29 is 24.2 Å². The zero-order chi connectivity index (χ0) is 33.1. The molecule has 0 bridgehead atoms. The van der Waals surface area contributed by atoms with E-state index in [9.17, 15) is 14.7 Å². The molecule has 0 aliphatic rings. The van der Waals surface area contributed by atoms with E-state index < -0.39 is 6.10 Å². The first-order valence-electron chi connectivity index (χ1n) is 19.9. The number of rotatable bonds is 36. The highest BCUT2D eigenvalue weighted by Crippen LogP contribution is 2.16. The Balaban J connectivity index is 3.38. The maximum absolute atomic E-state index is 12.0. The van der Waals surface area contributed by atoms with Crippen LogP contribution in [0.2, 0.25) is 0 Å². The number of carbonyl (C=O) groups is 2. The lowest BCUT2D eigenvalue weighted by atomic mass is 10.0. The molecule has 0 heterocycles. The Morgan fingerprint density at radius 2 is 0.711 bits per heavy atom. The largest absolute Gasteiger partial charge is 0.463 e. The van der Waals surface area contributed by atoms with E-state index in [-0.39, 0.29) is 25.2 Å². The summed E-state index contributed by atoms with van der Waals surface area (Å²) in [6.45, 7) is 6.67. The first-order chi connectivity index (χ1) is 22.0. The normalized spacial score (nSPS) is 12.1. The highest BCUT2D eigenvalue weighted by atomic mass is 16.6. The van der Waals surface area contributed by atoms with Crippen LogP contribution >= 0.6 is 0 Å². The predicted octanol–water partition coefficient (Wildman–Crippen LogP) is 12.2. The zero-order valence-electron chi connectivity index (χ0n) is 30.6. The lowest BCUT2D eigenvalue weighted by Gasteiger charge is -2.12. The van der Waals surface area contributed by atoms with Crippen molar-refractivity contribution in [3.05, 3.63) is 0 Å². The quantitative estimate of drug-likeness (QED) is 0.0546. The van der Waals surface area contributed by atoms with Gasteiger partial charge in [-0.15, -0.1) is 0 Å². The van der Waals surface area contributed by atoms with Gasteiger partial charge in [-0.05, 0) is 18.8 Å². The minimum Gasteiger partial charge on any atom is -0.463 e. The molecule has 0 aliphatic heterocycles. The van der Waals surface area contributed by atoms with Gasteiger partial charge in [0.05, 0.1) is 0 Å². The number of hydrogen-bond donors (Lipinski definition) is 1. The van der Waals surface area contributed by atoms with E-state index >= 15 is 0 Å². The summed E-state index contributed by atoms with van der Waals surface area (Å²) in [5.74, 6) is 0.291. The molecule has 0 aliphatic carbocycles. The fourth-order valence-electron chi connectivity index (χ4n) is 5.98. The van der Waals surface area contributed by atoms with Crippen LogP contribution in [-0.4, -0.2) is 36.4 Å². The van der Waals surface area contributed by atoms with Crippen LogP contribution in [0.4, 0.5) is 0 Å². The van der Waals surface area contributed by atoms with E-state index in [1.807, 2.05) is 0 Å².